The number of methoxy groups -OCH3 is 1. The van der Waals surface area contributed by atoms with Gasteiger partial charge in [0, 0.05) is 28.4 Å². The highest BCUT2D eigenvalue weighted by Crippen LogP contribution is 2.22. The second kappa shape index (κ2) is 7.58. The Bertz CT molecular complexity index is 956. The number of aromatic nitrogens is 2. The first-order chi connectivity index (χ1) is 12.5. The highest BCUT2D eigenvalue weighted by atomic mass is 35.5. The van der Waals surface area contributed by atoms with Crippen molar-refractivity contribution in [2.75, 3.05) is 12.4 Å². The van der Waals surface area contributed by atoms with Gasteiger partial charge in [-0.15, -0.1) is 0 Å². The van der Waals surface area contributed by atoms with Crippen molar-refractivity contribution in [2.45, 2.75) is 13.5 Å². The van der Waals surface area contributed by atoms with Gasteiger partial charge < -0.3 is 10.1 Å². The average molecular weight is 374 g/mol. The third kappa shape index (κ3) is 3.86. The van der Waals surface area contributed by atoms with Crippen LogP contribution in [0.5, 0.6) is 5.75 Å². The zero-order chi connectivity index (χ0) is 18.7. The Kier molecular flexibility index (Phi) is 5.23. The summed E-state index contributed by atoms with van der Waals surface area (Å²) in [7, 11) is 1.56. The molecule has 0 saturated carbocycles. The third-order valence-electron chi connectivity index (χ3n) is 3.98. The van der Waals surface area contributed by atoms with Crippen molar-refractivity contribution in [1.29, 1.82) is 0 Å². The molecule has 7 heteroatoms. The van der Waals surface area contributed by atoms with Crippen LogP contribution in [0.15, 0.2) is 48.7 Å². The zero-order valence-corrected chi connectivity index (χ0v) is 15.0. The van der Waals surface area contributed by atoms with Crippen molar-refractivity contribution in [1.82, 2.24) is 9.78 Å². The molecule has 3 aromatic rings. The van der Waals surface area contributed by atoms with E-state index < -0.39 is 0 Å². The number of benzene rings is 2. The largest absolute Gasteiger partial charge is 0.496 e. The van der Waals surface area contributed by atoms with Crippen molar-refractivity contribution >= 4 is 23.3 Å². The summed E-state index contributed by atoms with van der Waals surface area (Å²) in [4.78, 5) is 12.5. The van der Waals surface area contributed by atoms with Crippen LogP contribution in [-0.2, 0) is 6.54 Å². The van der Waals surface area contributed by atoms with Gasteiger partial charge in [0.15, 0.2) is 5.82 Å². The van der Waals surface area contributed by atoms with E-state index in [0.717, 1.165) is 11.1 Å². The SMILES string of the molecule is COc1cccc(C(=O)Nc2ccn(Cc3ccc(F)cc3Cl)n2)c1C. The van der Waals surface area contributed by atoms with E-state index in [4.69, 9.17) is 16.3 Å². The van der Waals surface area contributed by atoms with Crippen molar-refractivity contribution in [3.63, 3.8) is 0 Å². The van der Waals surface area contributed by atoms with Gasteiger partial charge in [-0.3, -0.25) is 9.48 Å². The van der Waals surface area contributed by atoms with Gasteiger partial charge >= 0.3 is 0 Å². The van der Waals surface area contributed by atoms with Crippen LogP contribution in [0, 0.1) is 12.7 Å². The number of rotatable bonds is 5. The molecule has 5 nitrogen and oxygen atoms in total. The summed E-state index contributed by atoms with van der Waals surface area (Å²) in [5, 5.41) is 7.40. The number of anilines is 1. The number of amides is 1. The molecule has 1 aromatic heterocycles. The Morgan fingerprint density at radius 3 is 2.85 bits per heavy atom. The minimum Gasteiger partial charge on any atom is -0.496 e. The lowest BCUT2D eigenvalue weighted by Crippen LogP contribution is -2.14. The fraction of sp³-hybridized carbons (Fsp3) is 0.158. The summed E-state index contributed by atoms with van der Waals surface area (Å²) in [5.41, 5.74) is 2.00. The summed E-state index contributed by atoms with van der Waals surface area (Å²) in [6.45, 7) is 2.19. The first-order valence-electron chi connectivity index (χ1n) is 7.90. The van der Waals surface area contributed by atoms with Gasteiger partial charge in [0.1, 0.15) is 11.6 Å². The van der Waals surface area contributed by atoms with Crippen LogP contribution >= 0.6 is 11.6 Å². The lowest BCUT2D eigenvalue weighted by molar-refractivity contribution is 0.102. The molecular formula is C19H17ClFN3O2. The molecule has 0 atom stereocenters. The van der Waals surface area contributed by atoms with Crippen LogP contribution in [-0.4, -0.2) is 22.8 Å². The molecule has 0 spiro atoms. The van der Waals surface area contributed by atoms with E-state index in [9.17, 15) is 9.18 Å². The van der Waals surface area contributed by atoms with Gasteiger partial charge in [0.25, 0.3) is 5.91 Å². The molecule has 0 saturated heterocycles. The molecule has 0 fully saturated rings. The van der Waals surface area contributed by atoms with E-state index in [1.807, 2.05) is 6.92 Å². The van der Waals surface area contributed by atoms with E-state index in [1.54, 1.807) is 48.3 Å². The maximum absolute atomic E-state index is 13.1. The Labute approximate surface area is 155 Å². The van der Waals surface area contributed by atoms with Gasteiger partial charge in [-0.1, -0.05) is 23.7 Å². The first kappa shape index (κ1) is 17.9. The number of carbonyl (C=O) groups excluding carboxylic acids is 1. The molecule has 0 aliphatic heterocycles. The topological polar surface area (TPSA) is 56.1 Å². The molecule has 1 amide bonds. The van der Waals surface area contributed by atoms with E-state index in [1.165, 1.54) is 12.1 Å². The molecule has 0 aliphatic carbocycles. The fourth-order valence-electron chi connectivity index (χ4n) is 2.61. The summed E-state index contributed by atoms with van der Waals surface area (Å²) >= 11 is 6.03. The van der Waals surface area contributed by atoms with Gasteiger partial charge in [0.05, 0.1) is 13.7 Å². The lowest BCUT2D eigenvalue weighted by Gasteiger charge is -2.09. The van der Waals surface area contributed by atoms with E-state index >= 15 is 0 Å². The molecule has 26 heavy (non-hydrogen) atoms. The van der Waals surface area contributed by atoms with Crippen LogP contribution in [0.25, 0.3) is 0 Å². The smallest absolute Gasteiger partial charge is 0.257 e. The maximum Gasteiger partial charge on any atom is 0.257 e. The molecule has 1 heterocycles. The van der Waals surface area contributed by atoms with Crippen molar-refractivity contribution in [3.8, 4) is 5.75 Å². The van der Waals surface area contributed by atoms with Crippen LogP contribution in [0.4, 0.5) is 10.2 Å². The molecule has 3 rings (SSSR count). The maximum atomic E-state index is 13.1. The minimum atomic E-state index is -0.388. The van der Waals surface area contributed by atoms with Gasteiger partial charge in [0.2, 0.25) is 0 Å². The second-order valence-corrected chi connectivity index (χ2v) is 6.13. The Morgan fingerprint density at radius 2 is 2.12 bits per heavy atom. The van der Waals surface area contributed by atoms with Crippen LogP contribution in [0.1, 0.15) is 21.5 Å². The molecule has 0 aliphatic rings. The quantitative estimate of drug-likeness (QED) is 0.725. The number of hydrogen-bond acceptors (Lipinski definition) is 3. The molecule has 2 aromatic carbocycles. The van der Waals surface area contributed by atoms with Crippen molar-refractivity contribution < 1.29 is 13.9 Å². The van der Waals surface area contributed by atoms with Crippen LogP contribution in [0.3, 0.4) is 0 Å². The number of nitrogens with zero attached hydrogens (tertiary/aromatic N) is 2. The number of ether oxygens (including phenoxy) is 1. The Hall–Kier alpha value is -2.86. The fourth-order valence-corrected chi connectivity index (χ4v) is 2.83. The number of halogens is 2. The summed E-state index contributed by atoms with van der Waals surface area (Å²) in [6, 6.07) is 11.2. The Balaban J connectivity index is 1.73. The molecule has 0 bridgehead atoms. The molecule has 0 radical (unpaired) electrons. The number of hydrogen-bond donors (Lipinski definition) is 1. The van der Waals surface area contributed by atoms with Gasteiger partial charge in [-0.25, -0.2) is 4.39 Å². The monoisotopic (exact) mass is 373 g/mol. The minimum absolute atomic E-state index is 0.272. The summed E-state index contributed by atoms with van der Waals surface area (Å²) in [6.07, 6.45) is 1.72. The second-order valence-electron chi connectivity index (χ2n) is 5.72. The van der Waals surface area contributed by atoms with Gasteiger partial charge in [-0.2, -0.15) is 5.10 Å². The number of nitrogens with one attached hydrogen (secondary N) is 1. The molecule has 134 valence electrons. The predicted molar refractivity (Wildman–Crippen MR) is 98.4 cm³/mol. The first-order valence-corrected chi connectivity index (χ1v) is 8.28. The van der Waals surface area contributed by atoms with Crippen molar-refractivity contribution in [3.05, 3.63) is 76.2 Å². The molecule has 1 N–H and O–H groups in total. The van der Waals surface area contributed by atoms with Crippen LogP contribution in [0.2, 0.25) is 5.02 Å². The van der Waals surface area contributed by atoms with E-state index in [0.29, 0.717) is 28.7 Å². The normalized spacial score (nSPS) is 10.6. The molecule has 0 unspecified atom stereocenters. The average Bonchev–Trinajstić information content (AvgIpc) is 3.04. The molecular weight excluding hydrogens is 357 g/mol. The van der Waals surface area contributed by atoms with E-state index in [2.05, 4.69) is 10.4 Å². The highest BCUT2D eigenvalue weighted by Gasteiger charge is 2.13. The number of carbonyl (C=O) groups is 1. The van der Waals surface area contributed by atoms with Crippen molar-refractivity contribution in [2.24, 2.45) is 0 Å². The lowest BCUT2D eigenvalue weighted by atomic mass is 10.1. The zero-order valence-electron chi connectivity index (χ0n) is 14.3. The summed E-state index contributed by atoms with van der Waals surface area (Å²) < 4.78 is 20.0. The Morgan fingerprint density at radius 1 is 1.31 bits per heavy atom. The third-order valence-corrected chi connectivity index (χ3v) is 4.33. The standard InChI is InChI=1S/C19H17ClFN3O2/c1-12-15(4-3-5-17(12)26-2)19(25)22-18-8-9-24(23-18)11-13-6-7-14(21)10-16(13)20/h3-10H,11H2,1-2H3,(H,22,23,25). The van der Waals surface area contributed by atoms with Crippen LogP contribution < -0.4 is 10.1 Å². The predicted octanol–water partition coefficient (Wildman–Crippen LogP) is 4.29. The van der Waals surface area contributed by atoms with Gasteiger partial charge in [-0.05, 0) is 36.8 Å². The summed E-state index contributed by atoms with van der Waals surface area (Å²) in [5.74, 6) is 0.400. The highest BCUT2D eigenvalue weighted by molar-refractivity contribution is 6.31. The van der Waals surface area contributed by atoms with E-state index in [-0.39, 0.29) is 11.7 Å².